The number of rotatable bonds is 7. The molecule has 150 valence electrons. The van der Waals surface area contributed by atoms with Crippen LogP contribution in [0.25, 0.3) is 11.1 Å². The van der Waals surface area contributed by atoms with Gasteiger partial charge in [-0.25, -0.2) is 4.39 Å². The summed E-state index contributed by atoms with van der Waals surface area (Å²) in [4.78, 5) is 11.1. The number of hydrogen-bond acceptors (Lipinski definition) is 2. The quantitative estimate of drug-likeness (QED) is 0.586. The van der Waals surface area contributed by atoms with Crippen molar-refractivity contribution in [3.8, 4) is 16.9 Å². The van der Waals surface area contributed by atoms with Crippen LogP contribution < -0.4 is 10.1 Å². The van der Waals surface area contributed by atoms with Gasteiger partial charge in [-0.05, 0) is 47.0 Å². The van der Waals surface area contributed by atoms with Crippen molar-refractivity contribution < 1.29 is 22.7 Å². The molecule has 3 nitrogen and oxygen atoms in total. The first-order chi connectivity index (χ1) is 13.8. The minimum absolute atomic E-state index is 0.144. The molecule has 3 rings (SSSR count). The predicted molar refractivity (Wildman–Crippen MR) is 105 cm³/mol. The fourth-order valence-corrected chi connectivity index (χ4v) is 2.90. The molecule has 1 N–H and O–H groups in total. The molecule has 0 saturated heterocycles. The third-order valence-corrected chi connectivity index (χ3v) is 4.33. The Kier molecular flexibility index (Phi) is 6.22. The van der Waals surface area contributed by atoms with Crippen molar-refractivity contribution in [1.29, 1.82) is 0 Å². The maximum absolute atomic E-state index is 14.8. The Balaban J connectivity index is 1.96. The van der Waals surface area contributed by atoms with Gasteiger partial charge in [0, 0.05) is 12.5 Å². The highest BCUT2D eigenvalue weighted by Gasteiger charge is 2.34. The molecule has 0 saturated carbocycles. The molecule has 3 aromatic rings. The number of halogens is 3. The van der Waals surface area contributed by atoms with Gasteiger partial charge in [-0.3, -0.25) is 4.79 Å². The van der Waals surface area contributed by atoms with Gasteiger partial charge in [0.2, 0.25) is 5.91 Å². The van der Waals surface area contributed by atoms with Gasteiger partial charge in [-0.2, -0.15) is 8.78 Å². The van der Waals surface area contributed by atoms with Crippen molar-refractivity contribution in [2.24, 2.45) is 0 Å². The highest BCUT2D eigenvalue weighted by atomic mass is 19.3. The lowest BCUT2D eigenvalue weighted by atomic mass is 9.95. The highest BCUT2D eigenvalue weighted by Crippen LogP contribution is 2.38. The first-order valence-corrected chi connectivity index (χ1v) is 9.04. The molecule has 0 spiro atoms. The fourth-order valence-electron chi connectivity index (χ4n) is 2.90. The van der Waals surface area contributed by atoms with Crippen molar-refractivity contribution in [2.75, 3.05) is 6.54 Å². The Morgan fingerprint density at radius 2 is 1.76 bits per heavy atom. The van der Waals surface area contributed by atoms with Crippen LogP contribution in [0, 0.1) is 5.82 Å². The van der Waals surface area contributed by atoms with Crippen LogP contribution in [-0.4, -0.2) is 12.5 Å². The summed E-state index contributed by atoms with van der Waals surface area (Å²) in [5.74, 6) is -4.05. The van der Waals surface area contributed by atoms with E-state index < -0.39 is 24.2 Å². The molecule has 29 heavy (non-hydrogen) atoms. The normalized spacial score (nSPS) is 11.2. The Morgan fingerprint density at radius 1 is 1.00 bits per heavy atom. The predicted octanol–water partition coefficient (Wildman–Crippen LogP) is 5.30. The van der Waals surface area contributed by atoms with Gasteiger partial charge < -0.3 is 10.1 Å². The third-order valence-electron chi connectivity index (χ3n) is 4.33. The smallest absolute Gasteiger partial charge is 0.290 e. The molecule has 0 bridgehead atoms. The Morgan fingerprint density at radius 3 is 2.45 bits per heavy atom. The zero-order valence-electron chi connectivity index (χ0n) is 15.8. The molecule has 0 aliphatic rings. The van der Waals surface area contributed by atoms with Gasteiger partial charge in [-0.15, -0.1) is 0 Å². The molecule has 3 aromatic carbocycles. The van der Waals surface area contributed by atoms with Crippen LogP contribution in [0.4, 0.5) is 13.2 Å². The van der Waals surface area contributed by atoms with E-state index in [-0.39, 0.29) is 17.7 Å². The second-order valence-corrected chi connectivity index (χ2v) is 6.61. The van der Waals surface area contributed by atoms with Crippen molar-refractivity contribution in [2.45, 2.75) is 19.5 Å². The lowest BCUT2D eigenvalue weighted by molar-refractivity contribution is -0.121. The van der Waals surface area contributed by atoms with Crippen molar-refractivity contribution in [1.82, 2.24) is 5.32 Å². The van der Waals surface area contributed by atoms with Crippen LogP contribution in [0.5, 0.6) is 5.75 Å². The first kappa shape index (κ1) is 20.5. The summed E-state index contributed by atoms with van der Waals surface area (Å²) in [5.41, 5.74) is 1.06. The second kappa shape index (κ2) is 8.82. The summed E-state index contributed by atoms with van der Waals surface area (Å²) in [7, 11) is 0. The highest BCUT2D eigenvalue weighted by molar-refractivity contribution is 5.73. The SMILES string of the molecule is CC(=O)NCC(F)(F)c1ccc(OCc2ccccc2)cc1-c1cccc(F)c1. The molecule has 6 heteroatoms. The number of amides is 1. The van der Waals surface area contributed by atoms with Gasteiger partial charge in [0.1, 0.15) is 18.2 Å². The number of hydrogen-bond donors (Lipinski definition) is 1. The van der Waals surface area contributed by atoms with Crippen LogP contribution in [0.1, 0.15) is 18.1 Å². The molecule has 0 atom stereocenters. The summed E-state index contributed by atoms with van der Waals surface area (Å²) < 4.78 is 49.1. The van der Waals surface area contributed by atoms with Crippen molar-refractivity contribution in [3.63, 3.8) is 0 Å². The maximum Gasteiger partial charge on any atom is 0.290 e. The standard InChI is InChI=1S/C23H20F3NO2/c1-16(28)27-15-23(25,26)22-11-10-20(29-14-17-6-3-2-4-7-17)13-21(22)18-8-5-9-19(24)12-18/h2-13H,14-15H2,1H3,(H,27,28). The lowest BCUT2D eigenvalue weighted by Crippen LogP contribution is -2.33. The van der Waals surface area contributed by atoms with Gasteiger partial charge >= 0.3 is 0 Å². The average Bonchev–Trinajstić information content (AvgIpc) is 2.71. The zero-order chi connectivity index (χ0) is 20.9. The summed E-state index contributed by atoms with van der Waals surface area (Å²) >= 11 is 0. The molecule has 0 unspecified atom stereocenters. The largest absolute Gasteiger partial charge is 0.489 e. The molecule has 0 aliphatic carbocycles. The van der Waals surface area contributed by atoms with E-state index in [0.717, 1.165) is 5.56 Å². The Labute approximate surface area is 167 Å². The van der Waals surface area contributed by atoms with Gasteiger partial charge in [0.05, 0.1) is 6.54 Å². The minimum atomic E-state index is -3.34. The molecule has 0 aliphatic heterocycles. The number of carbonyl (C=O) groups is 1. The number of carbonyl (C=O) groups excluding carboxylic acids is 1. The molecular weight excluding hydrogens is 379 g/mol. The van der Waals surface area contributed by atoms with E-state index >= 15 is 0 Å². The monoisotopic (exact) mass is 399 g/mol. The maximum atomic E-state index is 14.8. The third kappa shape index (κ3) is 5.38. The summed E-state index contributed by atoms with van der Waals surface area (Å²) in [5, 5.41) is 2.14. The average molecular weight is 399 g/mol. The van der Waals surface area contributed by atoms with Crippen LogP contribution in [0.3, 0.4) is 0 Å². The molecule has 0 fully saturated rings. The van der Waals surface area contributed by atoms with E-state index in [1.54, 1.807) is 6.07 Å². The molecule has 0 heterocycles. The van der Waals surface area contributed by atoms with Crippen molar-refractivity contribution in [3.05, 3.63) is 89.7 Å². The van der Waals surface area contributed by atoms with Gasteiger partial charge in [0.15, 0.2) is 0 Å². The van der Waals surface area contributed by atoms with Crippen LogP contribution in [-0.2, 0) is 17.3 Å². The number of ether oxygens (including phenoxy) is 1. The first-order valence-electron chi connectivity index (χ1n) is 9.04. The van der Waals surface area contributed by atoms with Crippen molar-refractivity contribution >= 4 is 5.91 Å². The number of benzene rings is 3. The van der Waals surface area contributed by atoms with E-state index in [0.29, 0.717) is 11.3 Å². The lowest BCUT2D eigenvalue weighted by Gasteiger charge is -2.21. The minimum Gasteiger partial charge on any atom is -0.489 e. The summed E-state index contributed by atoms with van der Waals surface area (Å²) in [6, 6.07) is 19.0. The van der Waals surface area contributed by atoms with Crippen LogP contribution in [0.2, 0.25) is 0 Å². The second-order valence-electron chi connectivity index (χ2n) is 6.61. The molecule has 1 amide bonds. The van der Waals surface area contributed by atoms with E-state index in [1.807, 2.05) is 30.3 Å². The van der Waals surface area contributed by atoms with E-state index in [1.165, 1.54) is 43.3 Å². The van der Waals surface area contributed by atoms with Crippen LogP contribution in [0.15, 0.2) is 72.8 Å². The number of nitrogens with one attached hydrogen (secondary N) is 1. The van der Waals surface area contributed by atoms with E-state index in [4.69, 9.17) is 4.74 Å². The Bertz CT molecular complexity index is 990. The Hall–Kier alpha value is -3.28. The van der Waals surface area contributed by atoms with E-state index in [9.17, 15) is 18.0 Å². The van der Waals surface area contributed by atoms with Crippen LogP contribution >= 0.6 is 0 Å². The summed E-state index contributed by atoms with van der Waals surface area (Å²) in [6.45, 7) is 0.587. The number of alkyl halides is 2. The van der Waals surface area contributed by atoms with Gasteiger partial charge in [-0.1, -0.05) is 42.5 Å². The fraction of sp³-hybridized carbons (Fsp3) is 0.174. The zero-order valence-corrected chi connectivity index (χ0v) is 15.8. The molecular formula is C23H20F3NO2. The summed E-state index contributed by atoms with van der Waals surface area (Å²) in [6.07, 6.45) is 0. The topological polar surface area (TPSA) is 38.3 Å². The van der Waals surface area contributed by atoms with Gasteiger partial charge in [0.25, 0.3) is 5.92 Å². The molecule has 0 radical (unpaired) electrons. The molecule has 0 aromatic heterocycles. The van der Waals surface area contributed by atoms with E-state index in [2.05, 4.69) is 5.32 Å².